The van der Waals surface area contributed by atoms with E-state index in [0.717, 1.165) is 10.2 Å². The van der Waals surface area contributed by atoms with Crippen molar-refractivity contribution in [2.45, 2.75) is 13.8 Å². The Morgan fingerprint density at radius 3 is 2.47 bits per heavy atom. The maximum absolute atomic E-state index is 12.3. The summed E-state index contributed by atoms with van der Waals surface area (Å²) in [7, 11) is 1.78. The van der Waals surface area contributed by atoms with E-state index in [0.29, 0.717) is 23.7 Å². The lowest BCUT2D eigenvalue weighted by Crippen LogP contribution is -2.31. The number of halogens is 2. The van der Waals surface area contributed by atoms with Crippen LogP contribution < -0.4 is 5.32 Å². The molecule has 0 unspecified atom stereocenters. The van der Waals surface area contributed by atoms with Gasteiger partial charge < -0.3 is 10.2 Å². The minimum Gasteiger partial charge on any atom is -0.387 e. The highest BCUT2D eigenvalue weighted by Crippen LogP contribution is 2.31. The zero-order valence-electron chi connectivity index (χ0n) is 10.2. The highest BCUT2D eigenvalue weighted by molar-refractivity contribution is 9.10. The SMILES string of the molecule is CCN(CC)C(=O)c1cc(Cl)cc(Br)c1NC. The van der Waals surface area contributed by atoms with Crippen molar-refractivity contribution in [1.29, 1.82) is 0 Å². The lowest BCUT2D eigenvalue weighted by Gasteiger charge is -2.21. The Bertz CT molecular complexity index is 419. The molecule has 0 spiro atoms. The number of benzene rings is 1. The normalized spacial score (nSPS) is 10.2. The van der Waals surface area contributed by atoms with Crippen LogP contribution in [0.2, 0.25) is 5.02 Å². The molecule has 0 aromatic heterocycles. The number of hydrogen-bond acceptors (Lipinski definition) is 2. The van der Waals surface area contributed by atoms with Crippen molar-refractivity contribution in [3.63, 3.8) is 0 Å². The molecule has 0 saturated carbocycles. The first-order valence-electron chi connectivity index (χ1n) is 5.51. The second-order valence-electron chi connectivity index (χ2n) is 3.54. The van der Waals surface area contributed by atoms with Crippen molar-refractivity contribution in [2.24, 2.45) is 0 Å². The Morgan fingerprint density at radius 1 is 1.41 bits per heavy atom. The van der Waals surface area contributed by atoms with E-state index < -0.39 is 0 Å². The number of nitrogens with zero attached hydrogens (tertiary/aromatic N) is 1. The van der Waals surface area contributed by atoms with Crippen LogP contribution in [-0.2, 0) is 0 Å². The molecule has 5 heteroatoms. The third-order valence-electron chi connectivity index (χ3n) is 2.59. The number of hydrogen-bond donors (Lipinski definition) is 1. The van der Waals surface area contributed by atoms with E-state index in [1.165, 1.54) is 0 Å². The summed E-state index contributed by atoms with van der Waals surface area (Å²) >= 11 is 9.39. The third-order valence-corrected chi connectivity index (χ3v) is 3.43. The zero-order valence-corrected chi connectivity index (χ0v) is 12.5. The average molecular weight is 320 g/mol. The monoisotopic (exact) mass is 318 g/mol. The smallest absolute Gasteiger partial charge is 0.256 e. The first-order chi connectivity index (χ1) is 8.04. The number of amides is 1. The zero-order chi connectivity index (χ0) is 13.0. The molecule has 0 aliphatic heterocycles. The summed E-state index contributed by atoms with van der Waals surface area (Å²) in [6.45, 7) is 5.28. The van der Waals surface area contributed by atoms with E-state index in [1.807, 2.05) is 13.8 Å². The number of nitrogens with one attached hydrogen (secondary N) is 1. The van der Waals surface area contributed by atoms with Crippen LogP contribution in [0.15, 0.2) is 16.6 Å². The predicted octanol–water partition coefficient (Wildman–Crippen LogP) is 3.63. The molecule has 1 amide bonds. The van der Waals surface area contributed by atoms with Gasteiger partial charge in [0.2, 0.25) is 0 Å². The van der Waals surface area contributed by atoms with Gasteiger partial charge in [0.1, 0.15) is 0 Å². The van der Waals surface area contributed by atoms with Gasteiger partial charge in [-0.1, -0.05) is 11.6 Å². The second-order valence-corrected chi connectivity index (χ2v) is 4.83. The van der Waals surface area contributed by atoms with Gasteiger partial charge >= 0.3 is 0 Å². The Hall–Kier alpha value is -0.740. The van der Waals surface area contributed by atoms with Crippen LogP contribution in [0.4, 0.5) is 5.69 Å². The molecular weight excluding hydrogens is 304 g/mol. The van der Waals surface area contributed by atoms with E-state index in [9.17, 15) is 4.79 Å². The molecule has 0 saturated heterocycles. The Morgan fingerprint density at radius 2 is 2.00 bits per heavy atom. The summed E-state index contributed by atoms with van der Waals surface area (Å²) in [6.07, 6.45) is 0. The largest absolute Gasteiger partial charge is 0.387 e. The minimum atomic E-state index is -0.0115. The van der Waals surface area contributed by atoms with Crippen molar-refractivity contribution in [2.75, 3.05) is 25.5 Å². The topological polar surface area (TPSA) is 32.3 Å². The van der Waals surface area contributed by atoms with Crippen molar-refractivity contribution in [3.8, 4) is 0 Å². The molecule has 0 atom stereocenters. The highest BCUT2D eigenvalue weighted by Gasteiger charge is 2.18. The summed E-state index contributed by atoms with van der Waals surface area (Å²) < 4.78 is 0.794. The van der Waals surface area contributed by atoms with Gasteiger partial charge in [-0.3, -0.25) is 4.79 Å². The molecule has 0 aliphatic carbocycles. The van der Waals surface area contributed by atoms with Crippen LogP contribution in [0, 0.1) is 0 Å². The molecule has 0 bridgehead atoms. The van der Waals surface area contributed by atoms with Gasteiger partial charge in [0.25, 0.3) is 5.91 Å². The molecule has 94 valence electrons. The standard InChI is InChI=1S/C12H16BrClN2O/c1-4-16(5-2)12(17)9-6-8(14)7-10(13)11(9)15-3/h6-7,15H,4-5H2,1-3H3. The van der Waals surface area contributed by atoms with Crippen molar-refractivity contribution >= 4 is 39.1 Å². The predicted molar refractivity (Wildman–Crippen MR) is 76.0 cm³/mol. The molecule has 0 aliphatic rings. The number of carbonyl (C=O) groups is 1. The van der Waals surface area contributed by atoms with Gasteiger partial charge in [-0.25, -0.2) is 0 Å². The van der Waals surface area contributed by atoms with Crippen molar-refractivity contribution in [1.82, 2.24) is 4.90 Å². The van der Waals surface area contributed by atoms with E-state index in [-0.39, 0.29) is 5.91 Å². The van der Waals surface area contributed by atoms with Crippen LogP contribution in [0.1, 0.15) is 24.2 Å². The van der Waals surface area contributed by atoms with Gasteiger partial charge in [-0.05, 0) is 41.9 Å². The summed E-state index contributed by atoms with van der Waals surface area (Å²) in [6, 6.07) is 3.46. The molecule has 17 heavy (non-hydrogen) atoms. The lowest BCUT2D eigenvalue weighted by atomic mass is 10.1. The first kappa shape index (κ1) is 14.3. The van der Waals surface area contributed by atoms with Gasteiger partial charge in [0.15, 0.2) is 0 Å². The number of carbonyl (C=O) groups excluding carboxylic acids is 1. The summed E-state index contributed by atoms with van der Waals surface area (Å²) in [5.74, 6) is -0.0115. The Kier molecular flexibility index (Phi) is 5.28. The number of rotatable bonds is 4. The third kappa shape index (κ3) is 3.13. The lowest BCUT2D eigenvalue weighted by molar-refractivity contribution is 0.0774. The minimum absolute atomic E-state index is 0.0115. The van der Waals surface area contributed by atoms with Crippen LogP contribution >= 0.6 is 27.5 Å². The summed E-state index contributed by atoms with van der Waals surface area (Å²) in [5, 5.41) is 3.57. The molecular formula is C12H16BrClN2O. The van der Waals surface area contributed by atoms with Crippen molar-refractivity contribution < 1.29 is 4.79 Å². The van der Waals surface area contributed by atoms with E-state index in [4.69, 9.17) is 11.6 Å². The fourth-order valence-electron chi connectivity index (χ4n) is 1.68. The molecule has 1 rings (SSSR count). The molecule has 0 fully saturated rings. The van der Waals surface area contributed by atoms with Crippen molar-refractivity contribution in [3.05, 3.63) is 27.2 Å². The average Bonchev–Trinajstić information content (AvgIpc) is 2.29. The van der Waals surface area contributed by atoms with Crippen LogP contribution in [0.5, 0.6) is 0 Å². The highest BCUT2D eigenvalue weighted by atomic mass is 79.9. The molecule has 0 radical (unpaired) electrons. The van der Waals surface area contributed by atoms with E-state index >= 15 is 0 Å². The fraction of sp³-hybridized carbons (Fsp3) is 0.417. The summed E-state index contributed by atoms with van der Waals surface area (Å²) in [5.41, 5.74) is 1.36. The maximum Gasteiger partial charge on any atom is 0.256 e. The maximum atomic E-state index is 12.3. The van der Waals surface area contributed by atoms with Crippen LogP contribution in [0.25, 0.3) is 0 Å². The Balaban J connectivity index is 3.24. The fourth-order valence-corrected chi connectivity index (χ4v) is 2.69. The molecule has 1 aromatic carbocycles. The second kappa shape index (κ2) is 6.26. The first-order valence-corrected chi connectivity index (χ1v) is 6.68. The van der Waals surface area contributed by atoms with Crippen LogP contribution in [0.3, 0.4) is 0 Å². The Labute approximate surface area is 115 Å². The van der Waals surface area contributed by atoms with Gasteiger partial charge in [-0.15, -0.1) is 0 Å². The molecule has 1 N–H and O–H groups in total. The van der Waals surface area contributed by atoms with Crippen LogP contribution in [-0.4, -0.2) is 30.9 Å². The molecule has 1 aromatic rings. The van der Waals surface area contributed by atoms with E-state index in [1.54, 1.807) is 24.1 Å². The van der Waals surface area contributed by atoms with Gasteiger partial charge in [-0.2, -0.15) is 0 Å². The molecule has 0 heterocycles. The van der Waals surface area contributed by atoms with Gasteiger partial charge in [0, 0.05) is 29.6 Å². The number of anilines is 1. The quantitative estimate of drug-likeness (QED) is 0.919. The van der Waals surface area contributed by atoms with Gasteiger partial charge in [0.05, 0.1) is 11.3 Å². The summed E-state index contributed by atoms with van der Waals surface area (Å²) in [4.78, 5) is 14.1. The molecule has 3 nitrogen and oxygen atoms in total. The van der Waals surface area contributed by atoms with E-state index in [2.05, 4.69) is 21.2 Å².